The molecule has 6 amide bonds. The highest BCUT2D eigenvalue weighted by atomic mass is 16.4. The van der Waals surface area contributed by atoms with Crippen molar-refractivity contribution in [1.82, 2.24) is 31.9 Å². The summed E-state index contributed by atoms with van der Waals surface area (Å²) in [5, 5.41) is 26.7. The van der Waals surface area contributed by atoms with Crippen molar-refractivity contribution >= 4 is 41.4 Å². The summed E-state index contributed by atoms with van der Waals surface area (Å²) in [5.41, 5.74) is 8.40. The molecule has 0 heterocycles. The molecule has 15 nitrogen and oxygen atoms in total. The molecule has 3 aromatic rings. The number of carbonyl (C=O) groups excluding carboxylic acids is 6. The van der Waals surface area contributed by atoms with E-state index in [4.69, 9.17) is 5.73 Å². The van der Waals surface area contributed by atoms with Crippen molar-refractivity contribution in [2.45, 2.75) is 143 Å². The zero-order valence-corrected chi connectivity index (χ0v) is 39.8. The number of aliphatic carboxylic acids is 1. The fraction of sp³-hybridized carbons (Fsp3) is 0.510. The lowest BCUT2D eigenvalue weighted by Gasteiger charge is -2.30. The van der Waals surface area contributed by atoms with E-state index >= 15 is 0 Å². The highest BCUT2D eigenvalue weighted by Gasteiger charge is 2.36. The van der Waals surface area contributed by atoms with Crippen LogP contribution in [0.2, 0.25) is 0 Å². The van der Waals surface area contributed by atoms with Gasteiger partial charge < -0.3 is 42.7 Å². The Kier molecular flexibility index (Phi) is 22.5. The first-order valence-electron chi connectivity index (χ1n) is 23.2. The van der Waals surface area contributed by atoms with Gasteiger partial charge in [-0.1, -0.05) is 153 Å². The van der Waals surface area contributed by atoms with Crippen LogP contribution in [0.3, 0.4) is 0 Å². The van der Waals surface area contributed by atoms with E-state index in [0.717, 1.165) is 5.56 Å². The molecule has 3 rings (SSSR count). The van der Waals surface area contributed by atoms with Crippen LogP contribution in [0.5, 0.6) is 0 Å². The van der Waals surface area contributed by atoms with Crippen molar-refractivity contribution in [1.29, 1.82) is 0 Å². The molecule has 0 aliphatic carbocycles. The van der Waals surface area contributed by atoms with Gasteiger partial charge in [-0.15, -0.1) is 0 Å². The van der Waals surface area contributed by atoms with Crippen LogP contribution in [-0.4, -0.2) is 88.8 Å². The molecular weight excluding hydrogens is 839 g/mol. The van der Waals surface area contributed by atoms with Crippen molar-refractivity contribution in [3.05, 3.63) is 108 Å². The molecule has 15 heteroatoms. The summed E-state index contributed by atoms with van der Waals surface area (Å²) < 4.78 is 0. The number of nitrogens with one attached hydrogen (secondary N) is 6. The summed E-state index contributed by atoms with van der Waals surface area (Å²) in [4.78, 5) is 96.4. The number of hydrogen-bond donors (Lipinski definition) is 8. The van der Waals surface area contributed by atoms with E-state index in [1.54, 1.807) is 55.5 Å². The van der Waals surface area contributed by atoms with Crippen LogP contribution in [0.4, 0.5) is 0 Å². The Morgan fingerprint density at radius 3 is 1.12 bits per heavy atom. The van der Waals surface area contributed by atoms with E-state index < -0.39 is 89.6 Å². The number of hydrogen-bond acceptors (Lipinski definition) is 8. The van der Waals surface area contributed by atoms with Gasteiger partial charge in [-0.05, 0) is 59.6 Å². The van der Waals surface area contributed by atoms with Crippen LogP contribution in [0.1, 0.15) is 97.8 Å². The van der Waals surface area contributed by atoms with Gasteiger partial charge in [0.2, 0.25) is 35.4 Å². The number of carboxylic acid groups (broad SMARTS) is 1. The molecule has 0 aliphatic rings. The Hall–Kier alpha value is -6.09. The van der Waals surface area contributed by atoms with Crippen molar-refractivity contribution < 1.29 is 38.7 Å². The molecule has 0 radical (unpaired) electrons. The fourth-order valence-corrected chi connectivity index (χ4v) is 7.50. The first-order valence-corrected chi connectivity index (χ1v) is 23.2. The molecule has 3 aromatic carbocycles. The molecule has 0 aromatic heterocycles. The van der Waals surface area contributed by atoms with Crippen LogP contribution < -0.4 is 37.6 Å². The van der Waals surface area contributed by atoms with Gasteiger partial charge in [0.25, 0.3) is 0 Å². The molecule has 9 N–H and O–H groups in total. The molecule has 0 saturated carbocycles. The van der Waals surface area contributed by atoms with Crippen molar-refractivity contribution in [3.8, 4) is 0 Å². The Labute approximate surface area is 390 Å². The van der Waals surface area contributed by atoms with Crippen LogP contribution in [0.25, 0.3) is 0 Å². The Bertz CT molecular complexity index is 2020. The standard InChI is InChI=1S/C51H73N7O8/c1-9-34(8)44(58-49(63)42(30-37-23-17-12-18-24-37)53-45(59)38(52)25-31(2)3)50(64)56-39(26-32(4)5)46(60)54-40(28-35-19-13-10-14-20-35)47(61)55-41(29-36-21-15-11-16-22-36)48(62)57-43(51(65)66)27-33(6)7/h10-24,31-34,38-44H,9,25-30,52H2,1-8H3,(H,53,59)(H,54,60)(H,55,61)(H,56,64)(H,57,62)(H,58,63)(H,65,66)/t34-,38-,39-,40-,41-,42-,43-,44-/m0/s1. The smallest absolute Gasteiger partial charge is 0.326 e. The number of carboxylic acids is 1. The van der Waals surface area contributed by atoms with Crippen molar-refractivity contribution in [3.63, 3.8) is 0 Å². The van der Waals surface area contributed by atoms with Gasteiger partial charge in [-0.2, -0.15) is 0 Å². The molecule has 0 fully saturated rings. The van der Waals surface area contributed by atoms with E-state index in [1.807, 2.05) is 90.9 Å². The molecule has 8 atom stereocenters. The number of amides is 6. The van der Waals surface area contributed by atoms with Gasteiger partial charge in [0, 0.05) is 19.3 Å². The van der Waals surface area contributed by atoms with Gasteiger partial charge in [-0.3, -0.25) is 28.8 Å². The molecular formula is C51H73N7O8. The van der Waals surface area contributed by atoms with E-state index in [-0.39, 0.29) is 49.9 Å². The number of benzene rings is 3. The maximum atomic E-state index is 14.4. The zero-order valence-electron chi connectivity index (χ0n) is 39.8. The van der Waals surface area contributed by atoms with Gasteiger partial charge in [0.15, 0.2) is 0 Å². The number of nitrogens with two attached hydrogens (primary N) is 1. The minimum absolute atomic E-state index is 0.0203. The maximum absolute atomic E-state index is 14.4. The third kappa shape index (κ3) is 18.8. The third-order valence-electron chi connectivity index (χ3n) is 11.3. The summed E-state index contributed by atoms with van der Waals surface area (Å²) in [6.45, 7) is 15.0. The minimum atomic E-state index is -1.24. The first kappa shape index (κ1) is 54.2. The SMILES string of the molecule is CC[C@H](C)[C@H](NC(=O)[C@H](Cc1ccccc1)NC(=O)[C@@H](N)CC(C)C)C(=O)N[C@@H](CC(C)C)C(=O)N[C@@H](Cc1ccccc1)C(=O)N[C@@H](Cc1ccccc1)C(=O)N[C@@H](CC(C)C)C(=O)O. The highest BCUT2D eigenvalue weighted by Crippen LogP contribution is 2.15. The molecule has 360 valence electrons. The van der Waals surface area contributed by atoms with Crippen molar-refractivity contribution in [2.24, 2.45) is 29.4 Å². The summed E-state index contributed by atoms with van der Waals surface area (Å²) in [5.74, 6) is -5.39. The van der Waals surface area contributed by atoms with Gasteiger partial charge in [0.1, 0.15) is 36.3 Å². The lowest BCUT2D eigenvalue weighted by molar-refractivity contribution is -0.142. The van der Waals surface area contributed by atoms with E-state index in [0.29, 0.717) is 24.0 Å². The number of carbonyl (C=O) groups is 7. The largest absolute Gasteiger partial charge is 0.480 e. The summed E-state index contributed by atoms with van der Waals surface area (Å²) in [7, 11) is 0. The third-order valence-corrected chi connectivity index (χ3v) is 11.3. The molecule has 0 unspecified atom stereocenters. The molecule has 0 bridgehead atoms. The zero-order chi connectivity index (χ0) is 48.9. The first-order chi connectivity index (χ1) is 31.3. The molecule has 0 saturated heterocycles. The topological polar surface area (TPSA) is 238 Å². The van der Waals surface area contributed by atoms with Crippen LogP contribution in [0.15, 0.2) is 91.0 Å². The van der Waals surface area contributed by atoms with Gasteiger partial charge >= 0.3 is 5.97 Å². The average molecular weight is 912 g/mol. The molecule has 66 heavy (non-hydrogen) atoms. The summed E-state index contributed by atoms with van der Waals surface area (Å²) in [6.07, 6.45) is 1.42. The van der Waals surface area contributed by atoms with Crippen LogP contribution in [-0.2, 0) is 52.8 Å². The minimum Gasteiger partial charge on any atom is -0.480 e. The Balaban J connectivity index is 1.93. The average Bonchev–Trinajstić information content (AvgIpc) is 3.26. The summed E-state index contributed by atoms with van der Waals surface area (Å²) >= 11 is 0. The summed E-state index contributed by atoms with van der Waals surface area (Å²) in [6, 6.07) is 19.3. The Morgan fingerprint density at radius 1 is 0.439 bits per heavy atom. The fourth-order valence-electron chi connectivity index (χ4n) is 7.50. The van der Waals surface area contributed by atoms with Crippen molar-refractivity contribution in [2.75, 3.05) is 0 Å². The second-order valence-corrected chi connectivity index (χ2v) is 18.6. The Morgan fingerprint density at radius 2 is 0.758 bits per heavy atom. The van der Waals surface area contributed by atoms with E-state index in [9.17, 15) is 38.7 Å². The quantitative estimate of drug-likeness (QED) is 0.0546. The normalized spacial score (nSPS) is 15.0. The lowest BCUT2D eigenvalue weighted by atomic mass is 9.95. The van der Waals surface area contributed by atoms with E-state index in [2.05, 4.69) is 31.9 Å². The highest BCUT2D eigenvalue weighted by molar-refractivity contribution is 5.97. The molecule has 0 aliphatic heterocycles. The van der Waals surface area contributed by atoms with Gasteiger partial charge in [-0.25, -0.2) is 4.79 Å². The number of rotatable bonds is 27. The maximum Gasteiger partial charge on any atom is 0.326 e. The molecule has 0 spiro atoms. The monoisotopic (exact) mass is 912 g/mol. The van der Waals surface area contributed by atoms with Crippen LogP contribution >= 0.6 is 0 Å². The van der Waals surface area contributed by atoms with Gasteiger partial charge in [0.05, 0.1) is 6.04 Å². The predicted molar refractivity (Wildman–Crippen MR) is 255 cm³/mol. The predicted octanol–water partition coefficient (Wildman–Crippen LogP) is 4.22. The second kappa shape index (κ2) is 27.4. The second-order valence-electron chi connectivity index (χ2n) is 18.6. The van der Waals surface area contributed by atoms with E-state index in [1.165, 1.54) is 0 Å². The van der Waals surface area contributed by atoms with Crippen LogP contribution in [0, 0.1) is 23.7 Å². The lowest BCUT2D eigenvalue weighted by Crippen LogP contribution is -2.61.